The molecule has 0 bridgehead atoms. The average molecular weight is 274 g/mol. The molecule has 2 N–H and O–H groups in total. The predicted octanol–water partition coefficient (Wildman–Crippen LogP) is 0.723. The number of hydrogen-bond acceptors (Lipinski definition) is 4. The van der Waals surface area contributed by atoms with Crippen LogP contribution in [0.25, 0.3) is 0 Å². The fourth-order valence-corrected chi connectivity index (χ4v) is 2.43. The third kappa shape index (κ3) is 3.35. The van der Waals surface area contributed by atoms with Crippen LogP contribution in [0.1, 0.15) is 35.3 Å². The van der Waals surface area contributed by atoms with Gasteiger partial charge in [0.1, 0.15) is 12.3 Å². The molecule has 1 aromatic rings. The summed E-state index contributed by atoms with van der Waals surface area (Å²) in [6.45, 7) is -0.246. The predicted molar refractivity (Wildman–Crippen MR) is 74.1 cm³/mol. The van der Waals surface area contributed by atoms with E-state index >= 15 is 0 Å². The van der Waals surface area contributed by atoms with E-state index in [2.05, 4.69) is 22.1 Å². The fourth-order valence-electron chi connectivity index (χ4n) is 2.43. The Bertz CT molecular complexity index is 533. The van der Waals surface area contributed by atoms with E-state index in [0.29, 0.717) is 5.56 Å². The number of nitrogens with zero attached hydrogens (tertiary/aromatic N) is 1. The number of carbonyl (C=O) groups excluding carboxylic acids is 1. The number of pyridine rings is 1. The van der Waals surface area contributed by atoms with Crippen molar-refractivity contribution >= 4 is 5.91 Å². The number of amides is 1. The molecule has 106 valence electrons. The molecule has 1 aromatic heterocycles. The maximum absolute atomic E-state index is 12.3. The van der Waals surface area contributed by atoms with Gasteiger partial charge in [-0.2, -0.15) is 0 Å². The maximum atomic E-state index is 12.3. The number of carbonyl (C=O) groups is 1. The van der Waals surface area contributed by atoms with Crippen molar-refractivity contribution in [1.82, 2.24) is 10.3 Å². The summed E-state index contributed by atoms with van der Waals surface area (Å²) in [6.07, 6.45) is 4.54. The summed E-state index contributed by atoms with van der Waals surface area (Å²) in [5, 5.41) is 11.7. The van der Waals surface area contributed by atoms with Crippen LogP contribution in [0.15, 0.2) is 18.3 Å². The zero-order valence-electron chi connectivity index (χ0n) is 11.4. The zero-order chi connectivity index (χ0) is 14.4. The van der Waals surface area contributed by atoms with Gasteiger partial charge >= 0.3 is 0 Å². The van der Waals surface area contributed by atoms with E-state index in [1.807, 2.05) is 0 Å². The normalized spacial score (nSPS) is 21.1. The molecule has 5 nitrogen and oxygen atoms in total. The van der Waals surface area contributed by atoms with Gasteiger partial charge in [0.15, 0.2) is 0 Å². The van der Waals surface area contributed by atoms with Crippen LogP contribution in [0.3, 0.4) is 0 Å². The average Bonchev–Trinajstić information content (AvgIpc) is 2.92. The largest absolute Gasteiger partial charge is 0.384 e. The number of aromatic nitrogens is 1. The highest BCUT2D eigenvalue weighted by molar-refractivity contribution is 5.95. The molecule has 2 unspecified atom stereocenters. The molecule has 1 fully saturated rings. The number of ether oxygens (including phenoxy) is 1. The van der Waals surface area contributed by atoms with Crippen LogP contribution in [-0.4, -0.2) is 41.9 Å². The van der Waals surface area contributed by atoms with Crippen molar-refractivity contribution in [3.05, 3.63) is 29.6 Å². The van der Waals surface area contributed by atoms with Gasteiger partial charge in [-0.15, -0.1) is 0 Å². The monoisotopic (exact) mass is 274 g/mol. The van der Waals surface area contributed by atoms with Crippen molar-refractivity contribution < 1.29 is 14.6 Å². The second-order valence-corrected chi connectivity index (χ2v) is 4.64. The minimum absolute atomic E-state index is 0.0214. The molecule has 20 heavy (non-hydrogen) atoms. The highest BCUT2D eigenvalue weighted by Crippen LogP contribution is 2.21. The highest BCUT2D eigenvalue weighted by atomic mass is 16.5. The van der Waals surface area contributed by atoms with Crippen LogP contribution in [-0.2, 0) is 4.74 Å². The molecule has 0 aromatic carbocycles. The van der Waals surface area contributed by atoms with Gasteiger partial charge in [0.05, 0.1) is 17.7 Å². The van der Waals surface area contributed by atoms with Gasteiger partial charge in [0.25, 0.3) is 5.91 Å². The summed E-state index contributed by atoms with van der Waals surface area (Å²) >= 11 is 0. The number of nitrogens with one attached hydrogen (secondary N) is 1. The first-order valence-corrected chi connectivity index (χ1v) is 6.64. The quantitative estimate of drug-likeness (QED) is 0.797. The maximum Gasteiger partial charge on any atom is 0.271 e. The van der Waals surface area contributed by atoms with Gasteiger partial charge in [-0.25, -0.2) is 4.98 Å². The van der Waals surface area contributed by atoms with Gasteiger partial charge in [-0.3, -0.25) is 4.79 Å². The number of aliphatic hydroxyl groups is 1. The van der Waals surface area contributed by atoms with Crippen molar-refractivity contribution in [3.8, 4) is 11.8 Å². The summed E-state index contributed by atoms with van der Waals surface area (Å²) in [5.74, 6) is 5.03. The fraction of sp³-hybridized carbons (Fsp3) is 0.467. The Balaban J connectivity index is 2.13. The second kappa shape index (κ2) is 7.04. The molecule has 1 aliphatic rings. The number of aliphatic hydroxyl groups excluding tert-OH is 1. The van der Waals surface area contributed by atoms with Crippen LogP contribution in [0.5, 0.6) is 0 Å². The lowest BCUT2D eigenvalue weighted by molar-refractivity contribution is 0.0719. The molecule has 2 rings (SSSR count). The molecule has 0 spiro atoms. The minimum Gasteiger partial charge on any atom is -0.384 e. The third-order valence-electron chi connectivity index (χ3n) is 3.40. The highest BCUT2D eigenvalue weighted by Gasteiger charge is 2.29. The van der Waals surface area contributed by atoms with Gasteiger partial charge in [0.2, 0.25) is 0 Å². The molecular formula is C15H18N2O3. The van der Waals surface area contributed by atoms with Gasteiger partial charge in [0, 0.05) is 13.3 Å². The number of methoxy groups -OCH3 is 1. The number of hydrogen-bond donors (Lipinski definition) is 2. The Labute approximate surface area is 118 Å². The molecule has 1 amide bonds. The van der Waals surface area contributed by atoms with E-state index in [4.69, 9.17) is 9.84 Å². The Kier molecular flexibility index (Phi) is 5.10. The lowest BCUT2D eigenvalue weighted by Crippen LogP contribution is -2.41. The molecule has 2 atom stereocenters. The number of rotatable bonds is 3. The molecule has 1 saturated carbocycles. The summed E-state index contributed by atoms with van der Waals surface area (Å²) in [6, 6.07) is 3.45. The topological polar surface area (TPSA) is 71.5 Å². The van der Waals surface area contributed by atoms with Crippen molar-refractivity contribution in [2.75, 3.05) is 13.7 Å². The van der Waals surface area contributed by atoms with Crippen molar-refractivity contribution in [2.24, 2.45) is 0 Å². The summed E-state index contributed by atoms with van der Waals surface area (Å²) < 4.78 is 5.36. The Morgan fingerprint density at radius 1 is 1.60 bits per heavy atom. The molecule has 0 aliphatic heterocycles. The molecule has 0 radical (unpaired) electrons. The van der Waals surface area contributed by atoms with E-state index < -0.39 is 0 Å². The van der Waals surface area contributed by atoms with Crippen molar-refractivity contribution in [2.45, 2.75) is 31.4 Å². The van der Waals surface area contributed by atoms with Crippen LogP contribution in [0.2, 0.25) is 0 Å². The van der Waals surface area contributed by atoms with Crippen molar-refractivity contribution in [1.29, 1.82) is 0 Å². The lowest BCUT2D eigenvalue weighted by atomic mass is 10.1. The molecule has 5 heteroatoms. The zero-order valence-corrected chi connectivity index (χ0v) is 11.4. The van der Waals surface area contributed by atoms with E-state index in [9.17, 15) is 4.79 Å². The van der Waals surface area contributed by atoms with E-state index in [0.717, 1.165) is 19.3 Å². The van der Waals surface area contributed by atoms with Gasteiger partial charge < -0.3 is 15.2 Å². The Hall–Kier alpha value is -1.90. The van der Waals surface area contributed by atoms with E-state index in [-0.39, 0.29) is 30.4 Å². The summed E-state index contributed by atoms with van der Waals surface area (Å²) in [4.78, 5) is 16.4. The van der Waals surface area contributed by atoms with Crippen LogP contribution < -0.4 is 5.32 Å². The summed E-state index contributed by atoms with van der Waals surface area (Å²) in [7, 11) is 1.66. The van der Waals surface area contributed by atoms with Gasteiger partial charge in [-0.05, 0) is 31.4 Å². The first-order valence-electron chi connectivity index (χ1n) is 6.64. The van der Waals surface area contributed by atoms with E-state index in [1.165, 1.54) is 0 Å². The van der Waals surface area contributed by atoms with E-state index in [1.54, 1.807) is 25.4 Å². The van der Waals surface area contributed by atoms with Crippen LogP contribution >= 0.6 is 0 Å². The third-order valence-corrected chi connectivity index (χ3v) is 3.40. The first kappa shape index (κ1) is 14.5. The SMILES string of the molecule is COC1CCCC1NC(=O)c1ncccc1C#CCO. The van der Waals surface area contributed by atoms with Crippen LogP contribution in [0, 0.1) is 11.8 Å². The minimum atomic E-state index is -0.248. The molecular weight excluding hydrogens is 256 g/mol. The second-order valence-electron chi connectivity index (χ2n) is 4.64. The Morgan fingerprint density at radius 3 is 3.20 bits per heavy atom. The Morgan fingerprint density at radius 2 is 2.45 bits per heavy atom. The molecule has 0 saturated heterocycles. The van der Waals surface area contributed by atoms with Gasteiger partial charge in [-0.1, -0.05) is 11.8 Å². The smallest absolute Gasteiger partial charge is 0.271 e. The summed E-state index contributed by atoms with van der Waals surface area (Å²) in [5.41, 5.74) is 0.807. The first-order chi connectivity index (χ1) is 9.76. The lowest BCUT2D eigenvalue weighted by Gasteiger charge is -2.19. The molecule has 1 aliphatic carbocycles. The van der Waals surface area contributed by atoms with Crippen LogP contribution in [0.4, 0.5) is 0 Å². The van der Waals surface area contributed by atoms with Crippen molar-refractivity contribution in [3.63, 3.8) is 0 Å². The molecule has 1 heterocycles. The standard InChI is InChI=1S/C15H18N2O3/c1-20-13-8-2-7-12(13)17-15(19)14-11(6-4-10-18)5-3-9-16-14/h3,5,9,12-13,18H,2,7-8,10H2,1H3,(H,17,19).